The van der Waals surface area contributed by atoms with Crippen molar-refractivity contribution in [1.29, 1.82) is 0 Å². The van der Waals surface area contributed by atoms with Crippen molar-refractivity contribution in [3.05, 3.63) is 29.8 Å². The zero-order chi connectivity index (χ0) is 18.5. The Bertz CT molecular complexity index is 647. The molecule has 6 nitrogen and oxygen atoms in total. The first-order chi connectivity index (χ1) is 12.6. The van der Waals surface area contributed by atoms with Gasteiger partial charge >= 0.3 is 0 Å². The molecule has 0 unspecified atom stereocenters. The molecule has 1 aromatic carbocycles. The molecular formula is C20H26N2O4. The van der Waals surface area contributed by atoms with Crippen LogP contribution in [0.25, 0.3) is 0 Å². The molecule has 2 atom stereocenters. The van der Waals surface area contributed by atoms with Gasteiger partial charge in [0.2, 0.25) is 17.7 Å². The number of fused-ring (bicyclic) bond motifs is 1. The van der Waals surface area contributed by atoms with Crippen molar-refractivity contribution in [2.75, 3.05) is 20.2 Å². The summed E-state index contributed by atoms with van der Waals surface area (Å²) in [4.78, 5) is 38.1. The van der Waals surface area contributed by atoms with E-state index in [1.54, 1.807) is 7.11 Å². The summed E-state index contributed by atoms with van der Waals surface area (Å²) in [6.07, 6.45) is 4.53. The summed E-state index contributed by atoms with van der Waals surface area (Å²) in [7, 11) is 1.63. The maximum absolute atomic E-state index is 12.4. The lowest BCUT2D eigenvalue weighted by atomic mass is 9.81. The zero-order valence-electron chi connectivity index (χ0n) is 15.2. The van der Waals surface area contributed by atoms with E-state index in [-0.39, 0.29) is 42.5 Å². The van der Waals surface area contributed by atoms with E-state index in [2.05, 4.69) is 5.32 Å². The van der Waals surface area contributed by atoms with Gasteiger partial charge in [-0.3, -0.25) is 19.3 Å². The molecule has 3 rings (SSSR count). The largest absolute Gasteiger partial charge is 0.497 e. The minimum Gasteiger partial charge on any atom is -0.497 e. The maximum Gasteiger partial charge on any atom is 0.233 e. The zero-order valence-corrected chi connectivity index (χ0v) is 15.2. The number of ether oxygens (including phenoxy) is 1. The predicted molar refractivity (Wildman–Crippen MR) is 96.5 cm³/mol. The second-order valence-corrected chi connectivity index (χ2v) is 7.02. The number of likely N-dealkylation sites (tertiary alicyclic amines) is 1. The number of rotatable bonds is 7. The quantitative estimate of drug-likeness (QED) is 0.756. The monoisotopic (exact) mass is 358 g/mol. The van der Waals surface area contributed by atoms with Gasteiger partial charge in [0.15, 0.2) is 0 Å². The van der Waals surface area contributed by atoms with Crippen molar-refractivity contribution < 1.29 is 19.1 Å². The van der Waals surface area contributed by atoms with Gasteiger partial charge in [-0.2, -0.15) is 0 Å². The SMILES string of the molecule is COc1ccc(CCNC(=O)CCN2C(=O)[C@H]3CCCC[C@H]3C2=O)cc1. The Labute approximate surface area is 153 Å². The molecule has 1 N–H and O–H groups in total. The van der Waals surface area contributed by atoms with E-state index in [4.69, 9.17) is 4.74 Å². The van der Waals surface area contributed by atoms with Gasteiger partial charge in [-0.1, -0.05) is 25.0 Å². The average Bonchev–Trinajstić information content (AvgIpc) is 2.91. The number of nitrogens with zero attached hydrogens (tertiary/aromatic N) is 1. The highest BCUT2D eigenvalue weighted by Gasteiger charge is 2.47. The Hall–Kier alpha value is -2.37. The van der Waals surface area contributed by atoms with Crippen molar-refractivity contribution in [3.63, 3.8) is 0 Å². The van der Waals surface area contributed by atoms with E-state index < -0.39 is 0 Å². The molecule has 1 aliphatic carbocycles. The van der Waals surface area contributed by atoms with Crippen LogP contribution in [0.1, 0.15) is 37.7 Å². The summed E-state index contributed by atoms with van der Waals surface area (Å²) < 4.78 is 5.12. The second kappa shape index (κ2) is 8.34. The van der Waals surface area contributed by atoms with Crippen LogP contribution < -0.4 is 10.1 Å². The first kappa shape index (κ1) is 18.4. The van der Waals surface area contributed by atoms with Crippen molar-refractivity contribution in [2.24, 2.45) is 11.8 Å². The highest BCUT2D eigenvalue weighted by molar-refractivity contribution is 6.05. The Morgan fingerprint density at radius 1 is 1.12 bits per heavy atom. The highest BCUT2D eigenvalue weighted by atomic mass is 16.5. The molecule has 1 heterocycles. The lowest BCUT2D eigenvalue weighted by molar-refractivity contribution is -0.140. The van der Waals surface area contributed by atoms with Crippen molar-refractivity contribution in [1.82, 2.24) is 10.2 Å². The Morgan fingerprint density at radius 3 is 2.31 bits per heavy atom. The molecule has 0 aromatic heterocycles. The lowest BCUT2D eigenvalue weighted by Gasteiger charge is -2.19. The van der Waals surface area contributed by atoms with Crippen LogP contribution in [-0.2, 0) is 20.8 Å². The van der Waals surface area contributed by atoms with Gasteiger partial charge in [0.1, 0.15) is 5.75 Å². The van der Waals surface area contributed by atoms with Gasteiger partial charge in [-0.25, -0.2) is 0 Å². The van der Waals surface area contributed by atoms with E-state index in [1.807, 2.05) is 24.3 Å². The molecule has 0 radical (unpaired) electrons. The van der Waals surface area contributed by atoms with E-state index in [0.717, 1.165) is 43.4 Å². The number of benzene rings is 1. The Kier molecular flexibility index (Phi) is 5.91. The van der Waals surface area contributed by atoms with Crippen LogP contribution in [0.4, 0.5) is 0 Å². The molecule has 1 aromatic rings. The number of hydrogen-bond donors (Lipinski definition) is 1. The summed E-state index contributed by atoms with van der Waals surface area (Å²) in [5.41, 5.74) is 1.11. The van der Waals surface area contributed by atoms with Crippen LogP contribution in [0.2, 0.25) is 0 Å². The fourth-order valence-electron chi connectivity index (χ4n) is 3.89. The second-order valence-electron chi connectivity index (χ2n) is 7.02. The van der Waals surface area contributed by atoms with Crippen molar-refractivity contribution in [3.8, 4) is 5.75 Å². The third-order valence-electron chi connectivity index (χ3n) is 5.39. The molecule has 1 aliphatic heterocycles. The highest BCUT2D eigenvalue weighted by Crippen LogP contribution is 2.37. The number of carbonyl (C=O) groups is 3. The number of imide groups is 1. The summed E-state index contributed by atoms with van der Waals surface area (Å²) in [6.45, 7) is 0.720. The first-order valence-corrected chi connectivity index (χ1v) is 9.35. The third kappa shape index (κ3) is 4.06. The molecule has 140 valence electrons. The molecule has 0 spiro atoms. The smallest absolute Gasteiger partial charge is 0.233 e. The molecule has 2 fully saturated rings. The summed E-state index contributed by atoms with van der Waals surface area (Å²) in [5, 5.41) is 2.86. The topological polar surface area (TPSA) is 75.7 Å². The maximum atomic E-state index is 12.4. The van der Waals surface area contributed by atoms with E-state index in [1.165, 1.54) is 4.90 Å². The number of carbonyl (C=O) groups excluding carboxylic acids is 3. The van der Waals surface area contributed by atoms with E-state index in [0.29, 0.717) is 6.54 Å². The van der Waals surface area contributed by atoms with Crippen LogP contribution in [0.5, 0.6) is 5.75 Å². The normalized spacial score (nSPS) is 22.3. The molecule has 1 saturated heterocycles. The van der Waals surface area contributed by atoms with Crippen molar-refractivity contribution >= 4 is 17.7 Å². The van der Waals surface area contributed by atoms with Gasteiger partial charge in [-0.05, 0) is 37.0 Å². The lowest BCUT2D eigenvalue weighted by Crippen LogP contribution is -2.35. The summed E-state index contributed by atoms with van der Waals surface area (Å²) in [5.74, 6) is 0.229. The molecule has 26 heavy (non-hydrogen) atoms. The minimum absolute atomic E-state index is 0.0780. The Balaban J connectivity index is 1.41. The summed E-state index contributed by atoms with van der Waals surface area (Å²) >= 11 is 0. The van der Waals surface area contributed by atoms with Gasteiger partial charge in [0.05, 0.1) is 18.9 Å². The average molecular weight is 358 g/mol. The van der Waals surface area contributed by atoms with Crippen LogP contribution in [0, 0.1) is 11.8 Å². The van der Waals surface area contributed by atoms with E-state index >= 15 is 0 Å². The van der Waals surface area contributed by atoms with E-state index in [9.17, 15) is 14.4 Å². The number of amides is 3. The van der Waals surface area contributed by atoms with Crippen LogP contribution >= 0.6 is 0 Å². The van der Waals surface area contributed by atoms with Crippen LogP contribution in [0.15, 0.2) is 24.3 Å². The molecule has 0 bridgehead atoms. The fourth-order valence-corrected chi connectivity index (χ4v) is 3.89. The standard InChI is InChI=1S/C20H26N2O4/c1-26-15-8-6-14(7-9-15)10-12-21-18(23)11-13-22-19(24)16-4-2-3-5-17(16)20(22)25/h6-9,16-17H,2-5,10-13H2,1H3,(H,21,23)/t16-,17+. The first-order valence-electron chi connectivity index (χ1n) is 9.35. The minimum atomic E-state index is -0.144. The third-order valence-corrected chi connectivity index (χ3v) is 5.39. The van der Waals surface area contributed by atoms with Crippen LogP contribution in [-0.4, -0.2) is 42.8 Å². The van der Waals surface area contributed by atoms with Gasteiger partial charge < -0.3 is 10.1 Å². The molecule has 1 saturated carbocycles. The number of nitrogens with one attached hydrogen (secondary N) is 1. The van der Waals surface area contributed by atoms with Crippen molar-refractivity contribution in [2.45, 2.75) is 38.5 Å². The number of methoxy groups -OCH3 is 1. The predicted octanol–water partition coefficient (Wildman–Crippen LogP) is 1.92. The fraction of sp³-hybridized carbons (Fsp3) is 0.550. The van der Waals surface area contributed by atoms with Crippen LogP contribution in [0.3, 0.4) is 0 Å². The van der Waals surface area contributed by atoms with Gasteiger partial charge in [0, 0.05) is 19.5 Å². The van der Waals surface area contributed by atoms with Gasteiger partial charge in [-0.15, -0.1) is 0 Å². The van der Waals surface area contributed by atoms with Gasteiger partial charge in [0.25, 0.3) is 0 Å². The summed E-state index contributed by atoms with van der Waals surface area (Å²) in [6, 6.07) is 7.71. The Morgan fingerprint density at radius 2 is 1.73 bits per heavy atom. The molecule has 3 amide bonds. The molecular weight excluding hydrogens is 332 g/mol. The molecule has 6 heteroatoms. The molecule has 2 aliphatic rings. The number of hydrogen-bond acceptors (Lipinski definition) is 4.